The maximum absolute atomic E-state index is 2.51. The zero-order valence-electron chi connectivity index (χ0n) is 22.8. The molecule has 0 bridgehead atoms. The summed E-state index contributed by atoms with van der Waals surface area (Å²) in [5.41, 5.74) is 13.4. The third-order valence-corrected chi connectivity index (χ3v) is 10.3. The fourth-order valence-electron chi connectivity index (χ4n) is 8.91. The molecule has 0 fully saturated rings. The first-order chi connectivity index (χ1) is 20.1. The van der Waals surface area contributed by atoms with Gasteiger partial charge in [0, 0.05) is 48.5 Å². The monoisotopic (exact) mass is 520 g/mol. The van der Waals surface area contributed by atoms with E-state index >= 15 is 0 Å². The Hall–Kier alpha value is -5.08. The van der Waals surface area contributed by atoms with Crippen LogP contribution in [-0.4, -0.2) is 8.80 Å². The largest absolute Gasteiger partial charge is 0.308 e. The van der Waals surface area contributed by atoms with Gasteiger partial charge in [-0.1, -0.05) is 98.8 Å². The van der Waals surface area contributed by atoms with Gasteiger partial charge in [0.15, 0.2) is 0 Å². The van der Waals surface area contributed by atoms with E-state index in [1.807, 2.05) is 0 Å². The lowest BCUT2D eigenvalue weighted by Crippen LogP contribution is -2.16. The average Bonchev–Trinajstić information content (AvgIpc) is 3.77. The number of para-hydroxylation sites is 4. The van der Waals surface area contributed by atoms with Crippen LogP contribution in [0.25, 0.3) is 87.3 Å². The minimum atomic E-state index is -0.161. The number of nitrogens with zero attached hydrogens (tertiary/aromatic N) is 2. The number of aromatic nitrogens is 2. The van der Waals surface area contributed by atoms with E-state index in [1.54, 1.807) is 0 Å². The van der Waals surface area contributed by atoms with Gasteiger partial charge in [-0.25, -0.2) is 0 Å². The third kappa shape index (κ3) is 2.08. The van der Waals surface area contributed by atoms with Crippen LogP contribution in [-0.2, 0) is 5.41 Å². The highest BCUT2D eigenvalue weighted by molar-refractivity contribution is 6.27. The van der Waals surface area contributed by atoms with Crippen molar-refractivity contribution in [2.24, 2.45) is 0 Å². The molecule has 0 aliphatic heterocycles. The zero-order chi connectivity index (χ0) is 26.8. The van der Waals surface area contributed by atoms with E-state index in [0.717, 1.165) is 0 Å². The summed E-state index contributed by atoms with van der Waals surface area (Å²) in [5.74, 6) is 0. The van der Waals surface area contributed by atoms with Crippen LogP contribution in [0.3, 0.4) is 0 Å². The van der Waals surface area contributed by atoms with Crippen LogP contribution in [0.15, 0.2) is 109 Å². The molecule has 1 aliphatic carbocycles. The molecule has 41 heavy (non-hydrogen) atoms. The number of hydrogen-bond donors (Lipinski definition) is 0. The highest BCUT2D eigenvalue weighted by Crippen LogP contribution is 2.57. The summed E-state index contributed by atoms with van der Waals surface area (Å²) in [6, 6.07) is 41.0. The van der Waals surface area contributed by atoms with Crippen LogP contribution < -0.4 is 0 Å². The van der Waals surface area contributed by atoms with Crippen molar-refractivity contribution in [2.75, 3.05) is 0 Å². The minimum absolute atomic E-state index is 0.161. The molecule has 0 spiro atoms. The lowest BCUT2D eigenvalue weighted by molar-refractivity contribution is 0.673. The molecule has 6 aromatic carbocycles. The van der Waals surface area contributed by atoms with Gasteiger partial charge in [0.25, 0.3) is 0 Å². The van der Waals surface area contributed by atoms with Gasteiger partial charge in [-0.15, -0.1) is 0 Å². The lowest BCUT2D eigenvalue weighted by atomic mass is 9.78. The second-order valence-electron chi connectivity index (χ2n) is 12.5. The van der Waals surface area contributed by atoms with Crippen LogP contribution in [0.5, 0.6) is 0 Å². The Bertz CT molecular complexity index is 2580. The topological polar surface area (TPSA) is 8.82 Å². The maximum Gasteiger partial charge on any atom is 0.0620 e. The summed E-state index contributed by atoms with van der Waals surface area (Å²) in [5, 5.41) is 10.9. The molecular weight excluding hydrogens is 496 g/mol. The molecule has 0 N–H and O–H groups in total. The predicted octanol–water partition coefficient (Wildman–Crippen LogP) is 10.3. The van der Waals surface area contributed by atoms with Gasteiger partial charge >= 0.3 is 0 Å². The molecule has 4 heterocycles. The van der Waals surface area contributed by atoms with E-state index in [4.69, 9.17) is 0 Å². The average molecular weight is 521 g/mol. The second-order valence-corrected chi connectivity index (χ2v) is 12.5. The van der Waals surface area contributed by atoms with E-state index in [2.05, 4.69) is 132 Å². The van der Waals surface area contributed by atoms with Gasteiger partial charge in [0.05, 0.1) is 33.1 Å². The van der Waals surface area contributed by atoms with Crippen molar-refractivity contribution in [1.82, 2.24) is 8.80 Å². The number of benzene rings is 6. The molecule has 0 radical (unpaired) electrons. The molecule has 2 heteroatoms. The van der Waals surface area contributed by atoms with E-state index in [-0.39, 0.29) is 5.41 Å². The molecule has 0 atom stereocenters. The van der Waals surface area contributed by atoms with Crippen LogP contribution >= 0.6 is 0 Å². The first-order valence-corrected chi connectivity index (χ1v) is 14.6. The van der Waals surface area contributed by atoms with Crippen LogP contribution in [0.4, 0.5) is 0 Å². The van der Waals surface area contributed by atoms with Crippen LogP contribution in [0.1, 0.15) is 25.0 Å². The smallest absolute Gasteiger partial charge is 0.0620 e. The first kappa shape index (κ1) is 20.8. The number of hydrogen-bond acceptors (Lipinski definition) is 0. The van der Waals surface area contributed by atoms with Gasteiger partial charge in [-0.2, -0.15) is 0 Å². The Kier molecular flexibility index (Phi) is 3.27. The predicted molar refractivity (Wildman–Crippen MR) is 173 cm³/mol. The molecule has 4 aromatic heterocycles. The van der Waals surface area contributed by atoms with Crippen molar-refractivity contribution in [3.05, 3.63) is 120 Å². The van der Waals surface area contributed by atoms with Gasteiger partial charge in [0.1, 0.15) is 0 Å². The Balaban J connectivity index is 1.34. The van der Waals surface area contributed by atoms with Gasteiger partial charge in [-0.05, 0) is 46.5 Å². The highest BCUT2D eigenvalue weighted by Gasteiger charge is 2.41. The van der Waals surface area contributed by atoms with Crippen molar-refractivity contribution in [1.29, 1.82) is 0 Å². The molecule has 1 aliphatic rings. The van der Waals surface area contributed by atoms with Crippen molar-refractivity contribution < 1.29 is 0 Å². The zero-order valence-corrected chi connectivity index (χ0v) is 22.8. The Labute approximate surface area is 235 Å². The van der Waals surface area contributed by atoms with Crippen molar-refractivity contribution >= 4 is 76.2 Å². The molecular formula is C39H24N2. The van der Waals surface area contributed by atoms with E-state index in [9.17, 15) is 0 Å². The second kappa shape index (κ2) is 6.45. The Morgan fingerprint density at radius 1 is 0.390 bits per heavy atom. The van der Waals surface area contributed by atoms with E-state index in [1.165, 1.54) is 98.4 Å². The number of fused-ring (bicyclic) bond motifs is 17. The van der Waals surface area contributed by atoms with Gasteiger partial charge in [0.2, 0.25) is 0 Å². The molecule has 10 aromatic rings. The first-order valence-electron chi connectivity index (χ1n) is 14.6. The molecule has 0 saturated carbocycles. The molecule has 11 rings (SSSR count). The summed E-state index contributed by atoms with van der Waals surface area (Å²) in [6.07, 6.45) is 0. The van der Waals surface area contributed by atoms with Crippen molar-refractivity contribution in [3.63, 3.8) is 0 Å². The molecule has 0 saturated heterocycles. The summed E-state index contributed by atoms with van der Waals surface area (Å²) >= 11 is 0. The van der Waals surface area contributed by atoms with Crippen LogP contribution in [0, 0.1) is 0 Å². The fraction of sp³-hybridized carbons (Fsp3) is 0.0769. The highest BCUT2D eigenvalue weighted by atomic mass is 14.9. The summed E-state index contributed by atoms with van der Waals surface area (Å²) in [7, 11) is 0. The van der Waals surface area contributed by atoms with E-state index in [0.29, 0.717) is 0 Å². The quantitative estimate of drug-likeness (QED) is 0.188. The lowest BCUT2D eigenvalue weighted by Gasteiger charge is -2.24. The normalized spacial score (nSPS) is 14.8. The summed E-state index contributed by atoms with van der Waals surface area (Å²) in [4.78, 5) is 0. The molecule has 2 nitrogen and oxygen atoms in total. The molecule has 0 unspecified atom stereocenters. The van der Waals surface area contributed by atoms with Crippen LogP contribution in [0.2, 0.25) is 0 Å². The maximum atomic E-state index is 2.51. The SMILES string of the molecule is CC1(C)c2c(ccc3c2c2cccc4c5ccccc5n3c42)-c2ccc3c(c21)c1cccc2c4ccccc4n3c21. The molecule has 0 amide bonds. The Morgan fingerprint density at radius 2 is 0.805 bits per heavy atom. The van der Waals surface area contributed by atoms with E-state index < -0.39 is 0 Å². The van der Waals surface area contributed by atoms with Crippen molar-refractivity contribution in [3.8, 4) is 11.1 Å². The Morgan fingerprint density at radius 3 is 1.29 bits per heavy atom. The third-order valence-electron chi connectivity index (χ3n) is 10.3. The summed E-state index contributed by atoms with van der Waals surface area (Å²) in [6.45, 7) is 4.91. The van der Waals surface area contributed by atoms with Crippen molar-refractivity contribution in [2.45, 2.75) is 19.3 Å². The summed E-state index contributed by atoms with van der Waals surface area (Å²) < 4.78 is 5.02. The standard InChI is InChI=1S/C39H24N2/c1-39(2)35-23(17-19-31-33(35)27-13-7-11-25-21-9-3-5-15-29(21)40(31)37(25)27)24-18-20-32-34(36(24)39)28-14-8-12-26-22-10-4-6-16-30(22)41(32)38(26)28/h3-20H,1-2H3. The van der Waals surface area contributed by atoms with Gasteiger partial charge in [-0.3, -0.25) is 0 Å². The number of rotatable bonds is 0. The fourth-order valence-corrected chi connectivity index (χ4v) is 8.91. The molecule has 190 valence electrons. The van der Waals surface area contributed by atoms with Gasteiger partial charge < -0.3 is 8.80 Å². The minimum Gasteiger partial charge on any atom is -0.308 e.